The van der Waals surface area contributed by atoms with Gasteiger partial charge < -0.3 is 20.9 Å². The summed E-state index contributed by atoms with van der Waals surface area (Å²) in [4.78, 5) is 17.3. The molecule has 3 heterocycles. The second-order valence-electron chi connectivity index (χ2n) is 4.51. The number of nitrogens with zero attached hydrogens (tertiary/aromatic N) is 5. The molecule has 1 aliphatic rings. The molecule has 8 heteroatoms. The molecule has 1 aliphatic heterocycles. The molecule has 0 atom stereocenters. The normalized spacial score (nSPS) is 15.4. The summed E-state index contributed by atoms with van der Waals surface area (Å²) < 4.78 is 0. The molecule has 3 rings (SSSR count). The largest absolute Gasteiger partial charge is 0.373 e. The molecule has 2 aromatic heterocycles. The smallest absolute Gasteiger partial charge is 0.223 e. The van der Waals surface area contributed by atoms with Gasteiger partial charge in [0, 0.05) is 50.9 Å². The van der Waals surface area contributed by atoms with E-state index in [1.807, 2.05) is 24.7 Å². The Balaban J connectivity index is 1.70. The van der Waals surface area contributed by atoms with Crippen molar-refractivity contribution in [3.63, 3.8) is 0 Å². The lowest BCUT2D eigenvalue weighted by molar-refractivity contribution is 0.646. The Kier molecular flexibility index (Phi) is 3.55. The Labute approximate surface area is 121 Å². The summed E-state index contributed by atoms with van der Waals surface area (Å²) in [5.74, 6) is 1.92. The van der Waals surface area contributed by atoms with Gasteiger partial charge in [-0.15, -0.1) is 11.3 Å². The molecule has 3 N–H and O–H groups in total. The van der Waals surface area contributed by atoms with Crippen molar-refractivity contribution in [2.24, 2.45) is 0 Å². The lowest BCUT2D eigenvalue weighted by Crippen LogP contribution is -2.46. The maximum absolute atomic E-state index is 5.74. The van der Waals surface area contributed by atoms with E-state index >= 15 is 0 Å². The molecule has 0 aromatic carbocycles. The van der Waals surface area contributed by atoms with Gasteiger partial charge >= 0.3 is 0 Å². The highest BCUT2D eigenvalue weighted by Crippen LogP contribution is 2.22. The van der Waals surface area contributed by atoms with E-state index in [-0.39, 0.29) is 0 Å². The van der Waals surface area contributed by atoms with Gasteiger partial charge in [0.15, 0.2) is 5.13 Å². The molecule has 1 saturated heterocycles. The number of hydrogen-bond donors (Lipinski definition) is 2. The Bertz CT molecular complexity index is 563. The SMILES string of the molecule is CNc1cc(N2CCN(c3nccs3)CC2)nc(N)n1. The molecule has 106 valence electrons. The Hall–Kier alpha value is -2.09. The highest BCUT2D eigenvalue weighted by atomic mass is 32.1. The van der Waals surface area contributed by atoms with Crippen LogP contribution < -0.4 is 20.9 Å². The third-order valence-corrected chi connectivity index (χ3v) is 4.11. The molecule has 7 nitrogen and oxygen atoms in total. The van der Waals surface area contributed by atoms with Crippen molar-refractivity contribution < 1.29 is 0 Å². The summed E-state index contributed by atoms with van der Waals surface area (Å²) in [5.41, 5.74) is 5.74. The molecule has 0 aliphatic carbocycles. The number of piperazine rings is 1. The number of rotatable bonds is 3. The molecule has 2 aromatic rings. The predicted molar refractivity (Wildman–Crippen MR) is 82.5 cm³/mol. The van der Waals surface area contributed by atoms with Crippen LogP contribution in [0.1, 0.15) is 0 Å². The summed E-state index contributed by atoms with van der Waals surface area (Å²) in [6.07, 6.45) is 1.84. The van der Waals surface area contributed by atoms with E-state index in [1.165, 1.54) is 0 Å². The van der Waals surface area contributed by atoms with Gasteiger partial charge in [-0.3, -0.25) is 0 Å². The van der Waals surface area contributed by atoms with Crippen LogP contribution in [0.4, 0.5) is 22.7 Å². The molecular formula is C12H17N7S. The molecule has 0 bridgehead atoms. The molecule has 0 spiro atoms. The minimum absolute atomic E-state index is 0.300. The van der Waals surface area contributed by atoms with Crippen LogP contribution >= 0.6 is 11.3 Å². The van der Waals surface area contributed by atoms with Gasteiger partial charge in [-0.25, -0.2) is 4.98 Å². The molecule has 1 fully saturated rings. The Morgan fingerprint density at radius 1 is 1.20 bits per heavy atom. The van der Waals surface area contributed by atoms with Gasteiger partial charge in [-0.2, -0.15) is 9.97 Å². The van der Waals surface area contributed by atoms with Crippen molar-refractivity contribution in [3.05, 3.63) is 17.6 Å². The maximum Gasteiger partial charge on any atom is 0.223 e. The summed E-state index contributed by atoms with van der Waals surface area (Å²) in [7, 11) is 1.83. The van der Waals surface area contributed by atoms with Crippen LogP contribution in [0.25, 0.3) is 0 Å². The predicted octanol–water partition coefficient (Wildman–Crippen LogP) is 0.884. The van der Waals surface area contributed by atoms with E-state index in [0.717, 1.165) is 42.9 Å². The molecule has 0 unspecified atom stereocenters. The van der Waals surface area contributed by atoms with E-state index in [9.17, 15) is 0 Å². The topological polar surface area (TPSA) is 83.2 Å². The van der Waals surface area contributed by atoms with Crippen molar-refractivity contribution in [1.29, 1.82) is 0 Å². The summed E-state index contributed by atoms with van der Waals surface area (Å²) >= 11 is 1.68. The zero-order valence-electron chi connectivity index (χ0n) is 11.3. The first kappa shape index (κ1) is 12.9. The van der Waals surface area contributed by atoms with E-state index in [1.54, 1.807) is 11.3 Å². The first-order chi connectivity index (χ1) is 9.76. The zero-order valence-corrected chi connectivity index (χ0v) is 12.1. The molecular weight excluding hydrogens is 274 g/mol. The fraction of sp³-hybridized carbons (Fsp3) is 0.417. The van der Waals surface area contributed by atoms with E-state index in [2.05, 4.69) is 30.1 Å². The Morgan fingerprint density at radius 3 is 2.60 bits per heavy atom. The highest BCUT2D eigenvalue weighted by Gasteiger charge is 2.20. The average Bonchev–Trinajstić information content (AvgIpc) is 3.01. The number of thiazole rings is 1. The van der Waals surface area contributed by atoms with Crippen LogP contribution in [-0.2, 0) is 0 Å². The monoisotopic (exact) mass is 291 g/mol. The minimum atomic E-state index is 0.300. The maximum atomic E-state index is 5.74. The number of aromatic nitrogens is 3. The second-order valence-corrected chi connectivity index (χ2v) is 5.38. The van der Waals surface area contributed by atoms with Gasteiger partial charge in [0.2, 0.25) is 5.95 Å². The summed E-state index contributed by atoms with van der Waals surface area (Å²) in [6.45, 7) is 3.68. The van der Waals surface area contributed by atoms with Gasteiger partial charge in [-0.05, 0) is 0 Å². The molecule has 0 saturated carbocycles. The van der Waals surface area contributed by atoms with Gasteiger partial charge in [0.25, 0.3) is 0 Å². The summed E-state index contributed by atoms with van der Waals surface area (Å²) in [5, 5.41) is 6.09. The second kappa shape index (κ2) is 5.49. The van der Waals surface area contributed by atoms with Crippen molar-refractivity contribution in [2.75, 3.05) is 54.1 Å². The number of nitrogen functional groups attached to an aromatic ring is 1. The number of anilines is 4. The van der Waals surface area contributed by atoms with E-state index < -0.39 is 0 Å². The van der Waals surface area contributed by atoms with Crippen molar-refractivity contribution in [1.82, 2.24) is 15.0 Å². The lowest BCUT2D eigenvalue weighted by atomic mass is 10.3. The van der Waals surface area contributed by atoms with Crippen LogP contribution in [0.5, 0.6) is 0 Å². The highest BCUT2D eigenvalue weighted by molar-refractivity contribution is 7.13. The third kappa shape index (κ3) is 2.60. The van der Waals surface area contributed by atoms with Crippen molar-refractivity contribution in [3.8, 4) is 0 Å². The van der Waals surface area contributed by atoms with E-state index in [0.29, 0.717) is 5.95 Å². The first-order valence-corrected chi connectivity index (χ1v) is 7.36. The van der Waals surface area contributed by atoms with Gasteiger partial charge in [-0.1, -0.05) is 0 Å². The van der Waals surface area contributed by atoms with E-state index in [4.69, 9.17) is 5.73 Å². The van der Waals surface area contributed by atoms with Crippen LogP contribution in [-0.4, -0.2) is 48.2 Å². The fourth-order valence-corrected chi connectivity index (χ4v) is 2.94. The quantitative estimate of drug-likeness (QED) is 0.868. The molecule has 20 heavy (non-hydrogen) atoms. The van der Waals surface area contributed by atoms with Crippen LogP contribution in [0.3, 0.4) is 0 Å². The lowest BCUT2D eigenvalue weighted by Gasteiger charge is -2.35. The number of hydrogen-bond acceptors (Lipinski definition) is 8. The van der Waals surface area contributed by atoms with Gasteiger partial charge in [0.05, 0.1) is 0 Å². The third-order valence-electron chi connectivity index (χ3n) is 3.28. The first-order valence-electron chi connectivity index (χ1n) is 6.48. The summed E-state index contributed by atoms with van der Waals surface area (Å²) in [6, 6.07) is 1.93. The van der Waals surface area contributed by atoms with Crippen LogP contribution in [0, 0.1) is 0 Å². The molecule has 0 amide bonds. The van der Waals surface area contributed by atoms with Crippen molar-refractivity contribution >= 4 is 34.1 Å². The van der Waals surface area contributed by atoms with Crippen molar-refractivity contribution in [2.45, 2.75) is 0 Å². The standard InChI is InChI=1S/C12H17N7S/c1-14-9-8-10(17-11(13)16-9)18-3-5-19(6-4-18)12-15-2-7-20-12/h2,7-8H,3-6H2,1H3,(H3,13,14,16,17). The number of nitrogens with one attached hydrogen (secondary N) is 1. The van der Waals surface area contributed by atoms with Gasteiger partial charge in [0.1, 0.15) is 11.6 Å². The molecule has 0 radical (unpaired) electrons. The Morgan fingerprint density at radius 2 is 1.95 bits per heavy atom. The fourth-order valence-electron chi connectivity index (χ4n) is 2.24. The van der Waals surface area contributed by atoms with Crippen LogP contribution in [0.15, 0.2) is 17.6 Å². The average molecular weight is 291 g/mol. The number of nitrogens with two attached hydrogens (primary N) is 1. The van der Waals surface area contributed by atoms with Crippen LogP contribution in [0.2, 0.25) is 0 Å². The minimum Gasteiger partial charge on any atom is -0.373 e. The zero-order chi connectivity index (χ0) is 13.9.